The molecule has 1 atom stereocenters. The lowest BCUT2D eigenvalue weighted by atomic mass is 10.1. The van der Waals surface area contributed by atoms with Crippen LogP contribution in [-0.2, 0) is 0 Å². The van der Waals surface area contributed by atoms with Crippen LogP contribution in [0, 0.1) is 5.92 Å². The van der Waals surface area contributed by atoms with Gasteiger partial charge in [0, 0.05) is 6.54 Å². The Kier molecular flexibility index (Phi) is 5.35. The summed E-state index contributed by atoms with van der Waals surface area (Å²) in [6.45, 7) is 5.63. The summed E-state index contributed by atoms with van der Waals surface area (Å²) >= 11 is 0. The summed E-state index contributed by atoms with van der Waals surface area (Å²) in [4.78, 5) is 2.42. The number of nitrogens with two attached hydrogens (primary N) is 1. The van der Waals surface area contributed by atoms with Gasteiger partial charge in [-0.1, -0.05) is 0 Å². The lowest BCUT2D eigenvalue weighted by Gasteiger charge is -2.10. The van der Waals surface area contributed by atoms with E-state index in [0.29, 0.717) is 0 Å². The van der Waals surface area contributed by atoms with Gasteiger partial charge < -0.3 is 16.0 Å². The van der Waals surface area contributed by atoms with Crippen LogP contribution >= 0.6 is 0 Å². The maximum absolute atomic E-state index is 5.40. The summed E-state index contributed by atoms with van der Waals surface area (Å²) in [7, 11) is 2.21. The van der Waals surface area contributed by atoms with Gasteiger partial charge in [0.05, 0.1) is 0 Å². The number of nitrogens with one attached hydrogen (secondary N) is 1. The molecule has 0 amide bonds. The van der Waals surface area contributed by atoms with Gasteiger partial charge in [-0.15, -0.1) is 0 Å². The number of rotatable bonds is 6. The van der Waals surface area contributed by atoms with Gasteiger partial charge in [0.15, 0.2) is 0 Å². The normalized spacial score (nSPS) is 24.0. The van der Waals surface area contributed by atoms with Crippen LogP contribution in [-0.4, -0.2) is 44.7 Å². The molecule has 1 unspecified atom stereocenters. The summed E-state index contributed by atoms with van der Waals surface area (Å²) in [5, 5.41) is 3.43. The van der Waals surface area contributed by atoms with Gasteiger partial charge in [-0.3, -0.25) is 0 Å². The first kappa shape index (κ1) is 11.0. The molecule has 0 spiro atoms. The molecular formula is C10H23N3. The molecule has 3 nitrogen and oxygen atoms in total. The van der Waals surface area contributed by atoms with Gasteiger partial charge in [0.25, 0.3) is 0 Å². The zero-order chi connectivity index (χ0) is 9.52. The zero-order valence-electron chi connectivity index (χ0n) is 8.76. The van der Waals surface area contributed by atoms with Gasteiger partial charge in [-0.2, -0.15) is 0 Å². The fraction of sp³-hybridized carbons (Fsp3) is 1.00. The molecule has 3 heteroatoms. The smallest absolute Gasteiger partial charge is 0.000756 e. The van der Waals surface area contributed by atoms with Gasteiger partial charge in [-0.05, 0) is 58.4 Å². The van der Waals surface area contributed by atoms with E-state index in [4.69, 9.17) is 5.73 Å². The first-order valence-corrected chi connectivity index (χ1v) is 5.42. The monoisotopic (exact) mass is 185 g/mol. The van der Waals surface area contributed by atoms with E-state index >= 15 is 0 Å². The van der Waals surface area contributed by atoms with Crippen LogP contribution in [0.15, 0.2) is 0 Å². The molecule has 1 aliphatic rings. The predicted octanol–water partition coefficient (Wildman–Crippen LogP) is 0.267. The van der Waals surface area contributed by atoms with E-state index in [1.54, 1.807) is 0 Å². The molecule has 1 rings (SSSR count). The molecule has 78 valence electrons. The highest BCUT2D eigenvalue weighted by atomic mass is 15.1. The third-order valence-electron chi connectivity index (χ3n) is 2.78. The van der Waals surface area contributed by atoms with Crippen molar-refractivity contribution in [2.24, 2.45) is 11.7 Å². The quantitative estimate of drug-likeness (QED) is 0.584. The molecule has 0 aliphatic carbocycles. The average Bonchev–Trinajstić information content (AvgIpc) is 2.51. The van der Waals surface area contributed by atoms with Crippen molar-refractivity contribution in [2.75, 3.05) is 39.8 Å². The van der Waals surface area contributed by atoms with Crippen LogP contribution in [0.1, 0.15) is 19.3 Å². The second-order valence-corrected chi connectivity index (χ2v) is 4.10. The van der Waals surface area contributed by atoms with E-state index < -0.39 is 0 Å². The Hall–Kier alpha value is -0.120. The first-order valence-electron chi connectivity index (χ1n) is 5.42. The molecule has 1 fully saturated rings. The van der Waals surface area contributed by atoms with Gasteiger partial charge in [0.1, 0.15) is 0 Å². The van der Waals surface area contributed by atoms with E-state index in [2.05, 4.69) is 17.3 Å². The summed E-state index contributed by atoms with van der Waals surface area (Å²) in [5.74, 6) is 0.926. The SMILES string of the molecule is CN1CCC(CCNCCCN)C1. The summed E-state index contributed by atoms with van der Waals surface area (Å²) in [5.41, 5.74) is 5.40. The maximum Gasteiger partial charge on any atom is 0.000756 e. The van der Waals surface area contributed by atoms with E-state index in [1.807, 2.05) is 0 Å². The Labute approximate surface area is 81.7 Å². The number of hydrogen-bond donors (Lipinski definition) is 2. The molecule has 13 heavy (non-hydrogen) atoms. The van der Waals surface area contributed by atoms with Crippen molar-refractivity contribution in [3.05, 3.63) is 0 Å². The Morgan fingerprint density at radius 1 is 1.46 bits per heavy atom. The summed E-state index contributed by atoms with van der Waals surface area (Å²) in [6, 6.07) is 0. The van der Waals surface area contributed by atoms with Crippen molar-refractivity contribution in [1.29, 1.82) is 0 Å². The lowest BCUT2D eigenvalue weighted by molar-refractivity contribution is 0.385. The van der Waals surface area contributed by atoms with Crippen LogP contribution in [0.4, 0.5) is 0 Å². The molecule has 3 N–H and O–H groups in total. The van der Waals surface area contributed by atoms with Crippen molar-refractivity contribution in [3.8, 4) is 0 Å². The fourth-order valence-corrected chi connectivity index (χ4v) is 1.92. The Balaban J connectivity index is 1.88. The highest BCUT2D eigenvalue weighted by molar-refractivity contribution is 4.73. The second-order valence-electron chi connectivity index (χ2n) is 4.10. The molecular weight excluding hydrogens is 162 g/mol. The van der Waals surface area contributed by atoms with Crippen LogP contribution < -0.4 is 11.1 Å². The molecule has 1 heterocycles. The van der Waals surface area contributed by atoms with Gasteiger partial charge >= 0.3 is 0 Å². The largest absolute Gasteiger partial charge is 0.330 e. The van der Waals surface area contributed by atoms with Gasteiger partial charge in [-0.25, -0.2) is 0 Å². The third-order valence-corrected chi connectivity index (χ3v) is 2.78. The van der Waals surface area contributed by atoms with E-state index in [1.165, 1.54) is 32.5 Å². The van der Waals surface area contributed by atoms with Crippen molar-refractivity contribution in [1.82, 2.24) is 10.2 Å². The molecule has 0 saturated carbocycles. The molecule has 1 saturated heterocycles. The molecule has 0 aromatic rings. The van der Waals surface area contributed by atoms with E-state index in [9.17, 15) is 0 Å². The van der Waals surface area contributed by atoms with Crippen molar-refractivity contribution < 1.29 is 0 Å². The second kappa shape index (κ2) is 6.35. The minimum atomic E-state index is 0.805. The highest BCUT2D eigenvalue weighted by Crippen LogP contribution is 2.16. The first-order chi connectivity index (χ1) is 6.33. The Morgan fingerprint density at radius 3 is 2.92 bits per heavy atom. The van der Waals surface area contributed by atoms with Crippen LogP contribution in [0.2, 0.25) is 0 Å². The van der Waals surface area contributed by atoms with Gasteiger partial charge in [0.2, 0.25) is 0 Å². The molecule has 0 aromatic heterocycles. The van der Waals surface area contributed by atoms with Crippen LogP contribution in [0.3, 0.4) is 0 Å². The topological polar surface area (TPSA) is 41.3 Å². The van der Waals surface area contributed by atoms with E-state index in [-0.39, 0.29) is 0 Å². The van der Waals surface area contributed by atoms with E-state index in [0.717, 1.165) is 25.4 Å². The molecule has 0 aromatic carbocycles. The lowest BCUT2D eigenvalue weighted by Crippen LogP contribution is -2.22. The summed E-state index contributed by atoms with van der Waals surface area (Å²) in [6.07, 6.45) is 3.81. The maximum atomic E-state index is 5.40. The minimum absolute atomic E-state index is 0.805. The van der Waals surface area contributed by atoms with Crippen LogP contribution in [0.25, 0.3) is 0 Å². The molecule has 0 radical (unpaired) electrons. The Bertz CT molecular complexity index is 127. The third kappa shape index (κ3) is 4.60. The average molecular weight is 185 g/mol. The standard InChI is InChI=1S/C10H23N3/c1-13-8-4-10(9-13)3-7-12-6-2-5-11/h10,12H,2-9,11H2,1H3. The zero-order valence-corrected chi connectivity index (χ0v) is 8.76. The number of nitrogens with zero attached hydrogens (tertiary/aromatic N) is 1. The number of likely N-dealkylation sites (tertiary alicyclic amines) is 1. The Morgan fingerprint density at radius 2 is 2.31 bits per heavy atom. The van der Waals surface area contributed by atoms with Crippen molar-refractivity contribution in [3.63, 3.8) is 0 Å². The number of hydrogen-bond acceptors (Lipinski definition) is 3. The van der Waals surface area contributed by atoms with Crippen molar-refractivity contribution >= 4 is 0 Å². The molecule has 1 aliphatic heterocycles. The predicted molar refractivity (Wildman–Crippen MR) is 56.8 cm³/mol. The highest BCUT2D eigenvalue weighted by Gasteiger charge is 2.18. The fourth-order valence-electron chi connectivity index (χ4n) is 1.92. The summed E-state index contributed by atoms with van der Waals surface area (Å²) < 4.78 is 0. The minimum Gasteiger partial charge on any atom is -0.330 e. The van der Waals surface area contributed by atoms with Crippen LogP contribution in [0.5, 0.6) is 0 Å². The molecule has 0 bridgehead atoms. The van der Waals surface area contributed by atoms with Crippen molar-refractivity contribution in [2.45, 2.75) is 19.3 Å².